The number of fused-ring (bicyclic) bond motifs is 6. The quantitative estimate of drug-likeness (QED) is 0.127. The summed E-state index contributed by atoms with van der Waals surface area (Å²) in [6, 6.07) is 32.3. The number of nitrogens with zero attached hydrogens (tertiary/aromatic N) is 4. The predicted molar refractivity (Wildman–Crippen MR) is 224 cm³/mol. The number of oxazole rings is 2. The van der Waals surface area contributed by atoms with Crippen molar-refractivity contribution in [3.63, 3.8) is 0 Å². The minimum absolute atomic E-state index is 0.105. The van der Waals surface area contributed by atoms with Gasteiger partial charge in [-0.25, -0.2) is 9.97 Å². The molecule has 2 aromatic heterocycles. The van der Waals surface area contributed by atoms with Gasteiger partial charge in [0, 0.05) is 17.0 Å². The lowest BCUT2D eigenvalue weighted by Crippen LogP contribution is -2.43. The lowest BCUT2D eigenvalue weighted by Gasteiger charge is -2.44. The Labute approximate surface area is 350 Å². The van der Waals surface area contributed by atoms with Crippen molar-refractivity contribution in [2.24, 2.45) is 29.6 Å². The fourth-order valence-corrected chi connectivity index (χ4v) is 10.4. The second kappa shape index (κ2) is 13.6. The van der Waals surface area contributed by atoms with Gasteiger partial charge in [-0.1, -0.05) is 35.9 Å². The predicted octanol–water partition coefficient (Wildman–Crippen LogP) is 8.82. The molecular formula is C47H33BrN4O8. The number of carbonyl (C=O) groups excluding carboxylic acids is 4. The van der Waals surface area contributed by atoms with E-state index < -0.39 is 35.5 Å². The maximum atomic E-state index is 14.8. The molecule has 1 saturated carbocycles. The van der Waals surface area contributed by atoms with E-state index >= 15 is 0 Å². The maximum Gasteiger partial charge on any atom is 0.238 e. The van der Waals surface area contributed by atoms with Gasteiger partial charge >= 0.3 is 0 Å². The number of hydrogen-bond acceptors (Lipinski definition) is 10. The molecular weight excluding hydrogens is 828 g/mol. The molecule has 2 aliphatic heterocycles. The molecule has 0 radical (unpaired) electrons. The maximum absolute atomic E-state index is 14.8. The number of aromatic nitrogens is 2. The number of aromatic hydroxyl groups is 1. The molecule has 6 unspecified atom stereocenters. The number of imide groups is 2. The van der Waals surface area contributed by atoms with Gasteiger partial charge in [-0.05, 0) is 125 Å². The third-order valence-electron chi connectivity index (χ3n) is 12.6. The van der Waals surface area contributed by atoms with Gasteiger partial charge in [-0.15, -0.1) is 0 Å². The number of amides is 4. The van der Waals surface area contributed by atoms with Crippen molar-refractivity contribution in [2.45, 2.75) is 18.8 Å². The number of para-hydroxylation sites is 4. The molecule has 1 N–H and O–H groups in total. The lowest BCUT2D eigenvalue weighted by atomic mass is 9.57. The molecule has 2 saturated heterocycles. The fraction of sp³-hybridized carbons (Fsp3) is 0.191. The number of ether oxygens (including phenoxy) is 1. The highest BCUT2D eigenvalue weighted by molar-refractivity contribution is 9.10. The van der Waals surface area contributed by atoms with Crippen LogP contribution in [0, 0.1) is 29.6 Å². The molecule has 3 fully saturated rings. The van der Waals surface area contributed by atoms with Crippen molar-refractivity contribution in [3.05, 3.63) is 131 Å². The van der Waals surface area contributed by atoms with Crippen LogP contribution in [0.4, 0.5) is 11.4 Å². The first-order valence-electron chi connectivity index (χ1n) is 19.6. The van der Waals surface area contributed by atoms with Gasteiger partial charge in [0.1, 0.15) is 11.0 Å². The number of hydrogen-bond donors (Lipinski definition) is 1. The summed E-state index contributed by atoms with van der Waals surface area (Å²) in [5, 5.41) is 10.8. The van der Waals surface area contributed by atoms with Crippen LogP contribution in [0.15, 0.2) is 134 Å². The smallest absolute Gasteiger partial charge is 0.238 e. The zero-order chi connectivity index (χ0) is 41.0. The van der Waals surface area contributed by atoms with Crippen molar-refractivity contribution in [1.29, 1.82) is 0 Å². The zero-order valence-corrected chi connectivity index (χ0v) is 33.4. The summed E-state index contributed by atoms with van der Waals surface area (Å²) >= 11 is 3.46. The first-order chi connectivity index (χ1) is 29.2. The number of phenols is 1. The Morgan fingerprint density at radius 3 is 1.75 bits per heavy atom. The van der Waals surface area contributed by atoms with E-state index in [1.165, 1.54) is 16.9 Å². The average molecular weight is 862 g/mol. The molecule has 296 valence electrons. The third kappa shape index (κ3) is 5.41. The molecule has 0 bridgehead atoms. The van der Waals surface area contributed by atoms with E-state index in [-0.39, 0.29) is 48.0 Å². The zero-order valence-electron chi connectivity index (χ0n) is 31.8. The van der Waals surface area contributed by atoms with E-state index in [9.17, 15) is 24.3 Å². The molecule has 0 spiro atoms. The molecule has 4 aliphatic rings. The monoisotopic (exact) mass is 860 g/mol. The van der Waals surface area contributed by atoms with Gasteiger partial charge in [-0.3, -0.25) is 29.0 Å². The lowest BCUT2D eigenvalue weighted by molar-refractivity contribution is -0.126. The van der Waals surface area contributed by atoms with E-state index in [0.717, 1.165) is 11.1 Å². The van der Waals surface area contributed by atoms with Crippen LogP contribution in [-0.4, -0.2) is 45.8 Å². The second-order valence-corrected chi connectivity index (χ2v) is 16.5. The van der Waals surface area contributed by atoms with E-state index in [1.54, 1.807) is 60.7 Å². The summed E-state index contributed by atoms with van der Waals surface area (Å²) in [6.07, 6.45) is 2.47. The number of rotatable bonds is 6. The van der Waals surface area contributed by atoms with Crippen LogP contribution >= 0.6 is 15.9 Å². The molecule has 4 amide bonds. The molecule has 6 atom stereocenters. The Hall–Kier alpha value is -6.86. The van der Waals surface area contributed by atoms with Crippen molar-refractivity contribution in [1.82, 2.24) is 9.97 Å². The van der Waals surface area contributed by atoms with Crippen molar-refractivity contribution < 1.29 is 37.9 Å². The van der Waals surface area contributed by atoms with Gasteiger partial charge < -0.3 is 18.7 Å². The number of halogens is 1. The third-order valence-corrected chi connectivity index (χ3v) is 13.2. The number of carbonyl (C=O) groups is 4. The van der Waals surface area contributed by atoms with Crippen LogP contribution in [0.25, 0.3) is 45.1 Å². The SMILES string of the molecule is COc1cc(C2C3=CCC4C(=O)N(c5ccc(-c6nc7ccccc7o6)cc5)C(=O)C4C3CC3C(=O)N(c4ccc(-c5nc6ccccc6o5)cc4)C(=O)C32)cc(Br)c1O. The van der Waals surface area contributed by atoms with Crippen molar-refractivity contribution in [2.75, 3.05) is 16.9 Å². The van der Waals surface area contributed by atoms with E-state index in [0.29, 0.717) is 61.0 Å². The van der Waals surface area contributed by atoms with Gasteiger partial charge in [-0.2, -0.15) is 0 Å². The van der Waals surface area contributed by atoms with Crippen LogP contribution in [0.1, 0.15) is 24.3 Å². The van der Waals surface area contributed by atoms with Crippen LogP contribution in [0.3, 0.4) is 0 Å². The van der Waals surface area contributed by atoms with E-state index in [4.69, 9.17) is 13.6 Å². The normalized spacial score (nSPS) is 23.6. The Morgan fingerprint density at radius 1 is 0.667 bits per heavy atom. The molecule has 2 aliphatic carbocycles. The first kappa shape index (κ1) is 36.2. The summed E-state index contributed by atoms with van der Waals surface area (Å²) in [5.41, 5.74) is 6.40. The van der Waals surface area contributed by atoms with Crippen LogP contribution < -0.4 is 14.5 Å². The number of methoxy groups -OCH3 is 1. The molecule has 4 heterocycles. The Balaban J connectivity index is 0.943. The van der Waals surface area contributed by atoms with Gasteiger partial charge in [0.15, 0.2) is 22.7 Å². The molecule has 13 heteroatoms. The molecule has 11 rings (SSSR count). The fourth-order valence-electron chi connectivity index (χ4n) is 9.90. The number of phenolic OH excluding ortho intramolecular Hbond substituents is 1. The summed E-state index contributed by atoms with van der Waals surface area (Å²) in [6.45, 7) is 0. The number of anilines is 2. The van der Waals surface area contributed by atoms with Gasteiger partial charge in [0.2, 0.25) is 35.4 Å². The highest BCUT2D eigenvalue weighted by Crippen LogP contribution is 2.59. The molecule has 7 aromatic rings. The summed E-state index contributed by atoms with van der Waals surface area (Å²) < 4.78 is 17.8. The highest BCUT2D eigenvalue weighted by Gasteiger charge is 2.62. The standard InChI is InChI=1S/C47H33BrN4O8/c1-58-37-21-25(20-32(48)41(37)53)38-28-18-19-29-39(46(56)51(44(29)54)26-14-10-23(11-15-26)42-49-33-6-2-4-8-35(33)59-42)30(28)22-31-40(38)47(57)52(45(31)55)27-16-12-24(13-17-27)43-50-34-7-3-5-9-36(34)60-43/h2-18,20-21,29-31,38-40,53H,19,22H2,1H3. The molecule has 12 nitrogen and oxygen atoms in total. The Bertz CT molecular complexity index is 2920. The van der Waals surface area contributed by atoms with Gasteiger partial charge in [0.25, 0.3) is 0 Å². The van der Waals surface area contributed by atoms with Crippen LogP contribution in [-0.2, 0) is 19.2 Å². The Morgan fingerprint density at radius 2 is 1.20 bits per heavy atom. The van der Waals surface area contributed by atoms with Gasteiger partial charge in [0.05, 0.1) is 46.6 Å². The van der Waals surface area contributed by atoms with Crippen molar-refractivity contribution in [3.8, 4) is 34.4 Å². The average Bonchev–Trinajstić information content (AvgIpc) is 4.03. The largest absolute Gasteiger partial charge is 0.503 e. The summed E-state index contributed by atoms with van der Waals surface area (Å²) in [5.74, 6) is -4.69. The van der Waals surface area contributed by atoms with E-state index in [2.05, 4.69) is 25.9 Å². The van der Waals surface area contributed by atoms with Crippen LogP contribution in [0.5, 0.6) is 11.5 Å². The first-order valence-corrected chi connectivity index (χ1v) is 20.4. The number of allylic oxidation sites excluding steroid dienone is 2. The molecule has 60 heavy (non-hydrogen) atoms. The number of benzene rings is 5. The highest BCUT2D eigenvalue weighted by atomic mass is 79.9. The second-order valence-electron chi connectivity index (χ2n) is 15.7. The Kier molecular flexibility index (Phi) is 8.21. The molecule has 5 aromatic carbocycles. The van der Waals surface area contributed by atoms with Crippen LogP contribution in [0.2, 0.25) is 0 Å². The minimum atomic E-state index is -0.822. The van der Waals surface area contributed by atoms with Crippen molar-refractivity contribution >= 4 is 73.1 Å². The minimum Gasteiger partial charge on any atom is -0.503 e. The summed E-state index contributed by atoms with van der Waals surface area (Å²) in [7, 11) is 1.44. The topological polar surface area (TPSA) is 156 Å². The van der Waals surface area contributed by atoms with E-state index in [1.807, 2.05) is 54.6 Å². The summed E-state index contributed by atoms with van der Waals surface area (Å²) in [4.78, 5) is 70.0.